The SMILES string of the molecule is C[N+]1(Cc2ccc(OC3CCOCC3)cc2)CCCC(c2ccccc2)S1(=O)=O. The molecule has 2 aromatic carbocycles. The lowest BCUT2D eigenvalue weighted by Gasteiger charge is -2.40. The molecule has 2 aromatic rings. The summed E-state index contributed by atoms with van der Waals surface area (Å²) in [6.07, 6.45) is 3.62. The van der Waals surface area contributed by atoms with Gasteiger partial charge in [-0.3, -0.25) is 0 Å². The molecule has 0 aliphatic carbocycles. The van der Waals surface area contributed by atoms with Crippen LogP contribution in [0.25, 0.3) is 0 Å². The predicted molar refractivity (Wildman–Crippen MR) is 113 cm³/mol. The van der Waals surface area contributed by atoms with Crippen molar-refractivity contribution in [3.8, 4) is 5.75 Å². The zero-order valence-electron chi connectivity index (χ0n) is 17.0. The summed E-state index contributed by atoms with van der Waals surface area (Å²) in [7, 11) is -1.50. The zero-order chi connectivity index (χ0) is 20.3. The molecule has 2 aliphatic rings. The van der Waals surface area contributed by atoms with Crippen molar-refractivity contribution < 1.29 is 21.8 Å². The van der Waals surface area contributed by atoms with E-state index in [9.17, 15) is 8.42 Å². The third-order valence-electron chi connectivity index (χ3n) is 6.15. The molecule has 0 saturated carbocycles. The van der Waals surface area contributed by atoms with Gasteiger partial charge in [0.25, 0.3) is 0 Å². The van der Waals surface area contributed by atoms with Gasteiger partial charge in [0.05, 0.1) is 26.8 Å². The molecule has 0 bridgehead atoms. The zero-order valence-corrected chi connectivity index (χ0v) is 17.8. The van der Waals surface area contributed by atoms with Crippen molar-refractivity contribution in [1.82, 2.24) is 0 Å². The maximum absolute atomic E-state index is 13.5. The highest BCUT2D eigenvalue weighted by molar-refractivity contribution is 7.86. The second kappa shape index (κ2) is 8.46. The summed E-state index contributed by atoms with van der Waals surface area (Å²) in [5.41, 5.74) is 1.92. The van der Waals surface area contributed by atoms with Crippen molar-refractivity contribution >= 4 is 10.0 Å². The van der Waals surface area contributed by atoms with E-state index in [-0.39, 0.29) is 9.99 Å². The van der Waals surface area contributed by atoms with Crippen molar-refractivity contribution in [3.63, 3.8) is 0 Å². The number of benzene rings is 2. The molecule has 0 radical (unpaired) electrons. The van der Waals surface area contributed by atoms with Gasteiger partial charge in [-0.15, -0.1) is 0 Å². The Hall–Kier alpha value is -1.89. The lowest BCUT2D eigenvalue weighted by atomic mass is 10.1. The first-order chi connectivity index (χ1) is 14.0. The summed E-state index contributed by atoms with van der Waals surface area (Å²) < 4.78 is 38.5. The summed E-state index contributed by atoms with van der Waals surface area (Å²) >= 11 is 0. The monoisotopic (exact) mass is 416 g/mol. The van der Waals surface area contributed by atoms with Crippen molar-refractivity contribution in [3.05, 3.63) is 65.7 Å². The molecule has 2 atom stereocenters. The average Bonchev–Trinajstić information content (AvgIpc) is 2.73. The van der Waals surface area contributed by atoms with Gasteiger partial charge in [-0.1, -0.05) is 30.3 Å². The number of ether oxygens (including phenoxy) is 2. The maximum atomic E-state index is 13.5. The molecule has 2 aliphatic heterocycles. The lowest BCUT2D eigenvalue weighted by Crippen LogP contribution is -2.53. The number of hydrogen-bond acceptors (Lipinski definition) is 4. The fraction of sp³-hybridized carbons (Fsp3) is 0.478. The summed E-state index contributed by atoms with van der Waals surface area (Å²) in [5, 5.41) is -0.432. The highest BCUT2D eigenvalue weighted by atomic mass is 32.2. The van der Waals surface area contributed by atoms with E-state index in [1.165, 1.54) is 0 Å². The smallest absolute Gasteiger partial charge is 0.304 e. The molecule has 4 rings (SSSR count). The predicted octanol–water partition coefficient (Wildman–Crippen LogP) is 4.06. The van der Waals surface area contributed by atoms with Crippen LogP contribution in [0.3, 0.4) is 0 Å². The fourth-order valence-corrected chi connectivity index (χ4v) is 6.71. The lowest BCUT2D eigenvalue weighted by molar-refractivity contribution is -0.802. The number of rotatable bonds is 5. The molecule has 2 saturated heterocycles. The van der Waals surface area contributed by atoms with Crippen LogP contribution >= 0.6 is 0 Å². The van der Waals surface area contributed by atoms with Crippen LogP contribution in [-0.2, 0) is 21.3 Å². The minimum absolute atomic E-state index is 0.0483. The summed E-state index contributed by atoms with van der Waals surface area (Å²) in [4.78, 5) is 0. The van der Waals surface area contributed by atoms with Gasteiger partial charge in [0.1, 0.15) is 23.6 Å². The number of sulfonamides is 1. The molecule has 2 unspecified atom stereocenters. The van der Waals surface area contributed by atoms with Gasteiger partial charge in [-0.2, -0.15) is 8.42 Å². The highest BCUT2D eigenvalue weighted by Crippen LogP contribution is 2.39. The molecule has 2 fully saturated rings. The van der Waals surface area contributed by atoms with Crippen LogP contribution in [0.4, 0.5) is 0 Å². The van der Waals surface area contributed by atoms with Crippen molar-refractivity contribution in [2.24, 2.45) is 0 Å². The van der Waals surface area contributed by atoms with E-state index in [0.717, 1.165) is 49.4 Å². The Morgan fingerprint density at radius 3 is 2.38 bits per heavy atom. The Labute approximate surface area is 173 Å². The summed E-state index contributed by atoms with van der Waals surface area (Å²) in [6, 6.07) is 17.5. The first kappa shape index (κ1) is 20.4. The molecule has 0 aromatic heterocycles. The van der Waals surface area contributed by atoms with E-state index in [2.05, 4.69) is 0 Å². The summed E-state index contributed by atoms with van der Waals surface area (Å²) in [6.45, 7) is 2.62. The molecule has 6 heteroatoms. The van der Waals surface area contributed by atoms with Crippen LogP contribution in [0.1, 0.15) is 42.1 Å². The van der Waals surface area contributed by atoms with E-state index >= 15 is 0 Å². The second-order valence-electron chi connectivity index (χ2n) is 8.31. The Morgan fingerprint density at radius 2 is 1.69 bits per heavy atom. The minimum atomic E-state index is -3.36. The Balaban J connectivity index is 1.48. The minimum Gasteiger partial charge on any atom is -0.490 e. The van der Waals surface area contributed by atoms with Gasteiger partial charge >= 0.3 is 10.0 Å². The quantitative estimate of drug-likeness (QED) is 0.690. The van der Waals surface area contributed by atoms with E-state index in [1.54, 1.807) is 0 Å². The first-order valence-electron chi connectivity index (χ1n) is 10.4. The molecular weight excluding hydrogens is 386 g/mol. The van der Waals surface area contributed by atoms with Gasteiger partial charge < -0.3 is 9.47 Å². The number of quaternary nitrogens is 1. The van der Waals surface area contributed by atoms with Crippen LogP contribution in [0, 0.1) is 0 Å². The average molecular weight is 417 g/mol. The van der Waals surface area contributed by atoms with Crippen molar-refractivity contribution in [2.45, 2.75) is 43.6 Å². The molecule has 156 valence electrons. The summed E-state index contributed by atoms with van der Waals surface area (Å²) in [5.74, 6) is 0.840. The van der Waals surface area contributed by atoms with Crippen LogP contribution < -0.4 is 4.74 Å². The molecule has 0 spiro atoms. The van der Waals surface area contributed by atoms with Crippen molar-refractivity contribution in [1.29, 1.82) is 0 Å². The van der Waals surface area contributed by atoms with E-state index in [0.29, 0.717) is 19.5 Å². The van der Waals surface area contributed by atoms with Gasteiger partial charge in [0, 0.05) is 18.4 Å². The molecule has 29 heavy (non-hydrogen) atoms. The molecular formula is C23H30NO4S+. The standard InChI is InChI=1S/C23H30NO4S/c1-24(15-5-8-23(29(24,25)26)20-6-3-2-4-7-20)18-19-9-11-21(12-10-19)28-22-13-16-27-17-14-22/h2-4,6-7,9-12,22-23H,5,8,13-18H2,1H3/q+1. The number of nitrogens with zero attached hydrogens (tertiary/aromatic N) is 1. The van der Waals surface area contributed by atoms with Gasteiger partial charge in [0.15, 0.2) is 0 Å². The Bertz CT molecular complexity index is 908. The van der Waals surface area contributed by atoms with E-state index in [1.807, 2.05) is 61.6 Å². The molecule has 5 nitrogen and oxygen atoms in total. The van der Waals surface area contributed by atoms with Crippen LogP contribution in [0.15, 0.2) is 54.6 Å². The third-order valence-corrected chi connectivity index (χ3v) is 8.92. The van der Waals surface area contributed by atoms with Crippen LogP contribution in [-0.4, -0.2) is 45.2 Å². The third kappa shape index (κ3) is 4.34. The normalized spacial score (nSPS) is 27.4. The first-order valence-corrected chi connectivity index (χ1v) is 12.0. The van der Waals surface area contributed by atoms with Gasteiger partial charge in [-0.25, -0.2) is 3.89 Å². The van der Waals surface area contributed by atoms with E-state index < -0.39 is 15.3 Å². The highest BCUT2D eigenvalue weighted by Gasteiger charge is 2.47. The Kier molecular flexibility index (Phi) is 5.95. The second-order valence-corrected chi connectivity index (χ2v) is 10.8. The topological polar surface area (TPSA) is 52.6 Å². The molecule has 0 N–H and O–H groups in total. The van der Waals surface area contributed by atoms with Crippen LogP contribution in [0.2, 0.25) is 0 Å². The molecule has 2 heterocycles. The largest absolute Gasteiger partial charge is 0.490 e. The van der Waals surface area contributed by atoms with E-state index in [4.69, 9.17) is 9.47 Å². The number of hydrogen-bond donors (Lipinski definition) is 0. The van der Waals surface area contributed by atoms with Gasteiger partial charge in [0.2, 0.25) is 0 Å². The van der Waals surface area contributed by atoms with Crippen molar-refractivity contribution in [2.75, 3.05) is 26.8 Å². The van der Waals surface area contributed by atoms with Gasteiger partial charge in [-0.05, 0) is 42.7 Å². The maximum Gasteiger partial charge on any atom is 0.304 e. The fourth-order valence-electron chi connectivity index (χ4n) is 4.42. The Morgan fingerprint density at radius 1 is 1.00 bits per heavy atom. The molecule has 0 amide bonds. The van der Waals surface area contributed by atoms with Crippen LogP contribution in [0.5, 0.6) is 5.75 Å².